The molecule has 2 aliphatic rings. The van der Waals surface area contributed by atoms with Gasteiger partial charge >= 0.3 is 0 Å². The molecule has 5 atom stereocenters. The van der Waals surface area contributed by atoms with Crippen molar-refractivity contribution in [2.75, 3.05) is 37.7 Å². The van der Waals surface area contributed by atoms with E-state index in [0.29, 0.717) is 11.6 Å². The number of thioether (sulfide) groups is 1. The van der Waals surface area contributed by atoms with Crippen molar-refractivity contribution in [2.24, 2.45) is 0 Å². The molecule has 1 aromatic rings. The van der Waals surface area contributed by atoms with Crippen LogP contribution in [0, 0.1) is 0 Å². The molecule has 0 saturated carbocycles. The van der Waals surface area contributed by atoms with Crippen LogP contribution in [0.4, 0.5) is 5.69 Å². The summed E-state index contributed by atoms with van der Waals surface area (Å²) in [6.07, 6.45) is -3.32. The summed E-state index contributed by atoms with van der Waals surface area (Å²) in [4.78, 5) is 5.43. The average molecular weight is 403 g/mol. The second kappa shape index (κ2) is 8.65. The van der Waals surface area contributed by atoms with E-state index in [0.717, 1.165) is 30.2 Å². The lowest BCUT2D eigenvalue weighted by Gasteiger charge is -2.50. The molecule has 6 nitrogen and oxygen atoms in total. The molecule has 0 aromatic heterocycles. The highest BCUT2D eigenvalue weighted by Crippen LogP contribution is 2.46. The largest absolute Gasteiger partial charge is 0.394 e. The number of rotatable bonds is 6. The van der Waals surface area contributed by atoms with Crippen molar-refractivity contribution in [3.8, 4) is 0 Å². The molecule has 1 fully saturated rings. The van der Waals surface area contributed by atoms with E-state index < -0.39 is 24.5 Å². The lowest BCUT2D eigenvalue weighted by Crippen LogP contribution is -2.64. The van der Waals surface area contributed by atoms with Gasteiger partial charge in [0.05, 0.1) is 23.6 Å². The van der Waals surface area contributed by atoms with Crippen LogP contribution in [0.1, 0.15) is 13.8 Å². The summed E-state index contributed by atoms with van der Waals surface area (Å²) in [7, 11) is 0. The Morgan fingerprint density at radius 2 is 1.96 bits per heavy atom. The van der Waals surface area contributed by atoms with Crippen LogP contribution in [-0.4, -0.2) is 82.8 Å². The summed E-state index contributed by atoms with van der Waals surface area (Å²) in [5.41, 5.74) is 0.969. The van der Waals surface area contributed by atoms with Crippen molar-refractivity contribution in [3.05, 3.63) is 23.2 Å². The maximum atomic E-state index is 10.6. The highest BCUT2D eigenvalue weighted by molar-refractivity contribution is 8.00. The Labute approximate surface area is 163 Å². The van der Waals surface area contributed by atoms with Crippen LogP contribution in [0.2, 0.25) is 5.02 Å². The molecule has 2 heterocycles. The Morgan fingerprint density at radius 3 is 2.62 bits per heavy atom. The lowest BCUT2D eigenvalue weighted by atomic mass is 9.99. The Bertz CT molecular complexity index is 619. The van der Waals surface area contributed by atoms with Gasteiger partial charge in [0.15, 0.2) is 0 Å². The Morgan fingerprint density at radius 1 is 1.23 bits per heavy atom. The Hall–Kier alpha value is -0.540. The van der Waals surface area contributed by atoms with Gasteiger partial charge in [0.25, 0.3) is 0 Å². The van der Waals surface area contributed by atoms with Crippen LogP contribution in [0.3, 0.4) is 0 Å². The van der Waals surface area contributed by atoms with Crippen LogP contribution < -0.4 is 4.90 Å². The van der Waals surface area contributed by atoms with Crippen molar-refractivity contribution in [3.63, 3.8) is 0 Å². The van der Waals surface area contributed by atoms with E-state index in [1.54, 1.807) is 0 Å². The van der Waals surface area contributed by atoms with Crippen LogP contribution in [0.25, 0.3) is 0 Å². The number of benzene rings is 1. The summed E-state index contributed by atoms with van der Waals surface area (Å²) in [5.74, 6) is 0. The third kappa shape index (κ3) is 3.85. The molecule has 1 aromatic carbocycles. The monoisotopic (exact) mass is 402 g/mol. The number of aliphatic hydroxyl groups is 3. The first-order valence-electron chi connectivity index (χ1n) is 9.07. The van der Waals surface area contributed by atoms with Crippen LogP contribution in [-0.2, 0) is 4.74 Å². The third-order valence-electron chi connectivity index (χ3n) is 5.19. The lowest BCUT2D eigenvalue weighted by molar-refractivity contribution is -0.175. The van der Waals surface area contributed by atoms with Gasteiger partial charge in [-0.3, -0.25) is 0 Å². The first-order valence-corrected chi connectivity index (χ1v) is 10.3. The van der Waals surface area contributed by atoms with E-state index in [2.05, 4.69) is 23.6 Å². The standard InChI is InChI=1S/C18H27ClN2O4S/c1-3-20(4-2)7-8-21-12-9-11(19)5-6-14(12)26-17-16(24)15(23)13(10-22)25-18(17)21/h5-6,9,13,15-18,22-24H,3-4,7-8,10H2,1-2H3/t13-,15-,16+,17+,18-/m1/s1. The van der Waals surface area contributed by atoms with E-state index in [-0.39, 0.29) is 11.9 Å². The molecule has 8 heteroatoms. The fraction of sp³-hybridized carbons (Fsp3) is 0.667. The highest BCUT2D eigenvalue weighted by atomic mass is 35.5. The maximum Gasteiger partial charge on any atom is 0.145 e. The number of hydrogen-bond acceptors (Lipinski definition) is 7. The van der Waals surface area contributed by atoms with Gasteiger partial charge in [-0.15, -0.1) is 11.8 Å². The van der Waals surface area contributed by atoms with Crippen molar-refractivity contribution >= 4 is 29.1 Å². The molecule has 146 valence electrons. The minimum atomic E-state index is -1.10. The number of anilines is 1. The van der Waals surface area contributed by atoms with Crippen LogP contribution in [0.5, 0.6) is 0 Å². The smallest absolute Gasteiger partial charge is 0.145 e. The normalized spacial score (nSPS) is 31.0. The van der Waals surface area contributed by atoms with Gasteiger partial charge in [0, 0.05) is 23.0 Å². The Kier molecular flexibility index (Phi) is 6.72. The van der Waals surface area contributed by atoms with Gasteiger partial charge in [-0.05, 0) is 31.3 Å². The summed E-state index contributed by atoms with van der Waals surface area (Å²) < 4.78 is 6.01. The molecule has 0 aliphatic carbocycles. The number of halogens is 1. The van der Waals surface area contributed by atoms with Gasteiger partial charge in [-0.25, -0.2) is 0 Å². The van der Waals surface area contributed by atoms with Crippen molar-refractivity contribution in [1.82, 2.24) is 4.90 Å². The maximum absolute atomic E-state index is 10.6. The molecule has 3 rings (SSSR count). The summed E-state index contributed by atoms with van der Waals surface area (Å²) >= 11 is 7.72. The number of ether oxygens (including phenoxy) is 1. The quantitative estimate of drug-likeness (QED) is 0.664. The van der Waals surface area contributed by atoms with Gasteiger partial charge in [0.1, 0.15) is 18.4 Å². The SMILES string of the molecule is CCN(CC)CCN1c2cc(Cl)ccc2S[C@H]2[C@@H](O)[C@H](O)[C@@H](CO)O[C@H]21. The summed E-state index contributed by atoms with van der Waals surface area (Å²) in [6, 6.07) is 5.69. The second-order valence-corrected chi connectivity index (χ2v) is 8.30. The van der Waals surface area contributed by atoms with Gasteiger partial charge in [0.2, 0.25) is 0 Å². The number of aliphatic hydroxyl groups excluding tert-OH is 3. The molecule has 0 radical (unpaired) electrons. The number of hydrogen-bond donors (Lipinski definition) is 3. The minimum absolute atomic E-state index is 0.335. The molecule has 3 N–H and O–H groups in total. The van der Waals surface area contributed by atoms with Crippen molar-refractivity contribution in [2.45, 2.75) is 48.5 Å². The van der Waals surface area contributed by atoms with Crippen molar-refractivity contribution in [1.29, 1.82) is 0 Å². The molecule has 0 amide bonds. The van der Waals surface area contributed by atoms with E-state index in [9.17, 15) is 15.3 Å². The number of likely N-dealkylation sites (N-methyl/N-ethyl adjacent to an activating group) is 1. The first-order chi connectivity index (χ1) is 12.5. The zero-order valence-electron chi connectivity index (χ0n) is 15.1. The fourth-order valence-corrected chi connectivity index (χ4v) is 5.12. The highest BCUT2D eigenvalue weighted by Gasteiger charge is 2.49. The van der Waals surface area contributed by atoms with E-state index in [1.807, 2.05) is 18.2 Å². The topological polar surface area (TPSA) is 76.4 Å². The van der Waals surface area contributed by atoms with Crippen molar-refractivity contribution < 1.29 is 20.1 Å². The number of fused-ring (bicyclic) bond motifs is 2. The first kappa shape index (κ1) is 20.2. The molecule has 0 unspecified atom stereocenters. The summed E-state index contributed by atoms with van der Waals surface area (Å²) in [6.45, 7) is 7.38. The molecular weight excluding hydrogens is 376 g/mol. The van der Waals surface area contributed by atoms with E-state index in [1.165, 1.54) is 11.8 Å². The zero-order chi connectivity index (χ0) is 18.8. The predicted octanol–water partition coefficient (Wildman–Crippen LogP) is 1.40. The molecule has 0 spiro atoms. The number of nitrogens with zero attached hydrogens (tertiary/aromatic N) is 2. The van der Waals surface area contributed by atoms with Gasteiger partial charge in [-0.1, -0.05) is 25.4 Å². The molecule has 1 saturated heterocycles. The fourth-order valence-electron chi connectivity index (χ4n) is 3.58. The molecule has 0 bridgehead atoms. The minimum Gasteiger partial charge on any atom is -0.394 e. The van der Waals surface area contributed by atoms with Crippen LogP contribution >= 0.6 is 23.4 Å². The third-order valence-corrected chi connectivity index (χ3v) is 6.81. The predicted molar refractivity (Wildman–Crippen MR) is 104 cm³/mol. The summed E-state index contributed by atoms with van der Waals surface area (Å²) in [5, 5.41) is 30.7. The van der Waals surface area contributed by atoms with E-state index >= 15 is 0 Å². The average Bonchev–Trinajstić information content (AvgIpc) is 2.65. The van der Waals surface area contributed by atoms with Crippen LogP contribution in [0.15, 0.2) is 23.1 Å². The second-order valence-electron chi connectivity index (χ2n) is 6.64. The van der Waals surface area contributed by atoms with Gasteiger partial charge < -0.3 is 29.9 Å². The Balaban J connectivity index is 1.93. The molecule has 26 heavy (non-hydrogen) atoms. The van der Waals surface area contributed by atoms with Gasteiger partial charge in [-0.2, -0.15) is 0 Å². The van der Waals surface area contributed by atoms with E-state index in [4.69, 9.17) is 16.3 Å². The molecular formula is C18H27ClN2O4S. The molecule has 2 aliphatic heterocycles. The zero-order valence-corrected chi connectivity index (χ0v) is 16.7.